The van der Waals surface area contributed by atoms with Crippen LogP contribution >= 0.6 is 0 Å². The van der Waals surface area contributed by atoms with E-state index in [1.54, 1.807) is 31.0 Å². The molecule has 0 bridgehead atoms. The second-order valence-corrected chi connectivity index (χ2v) is 6.40. The predicted molar refractivity (Wildman–Crippen MR) is 69.6 cm³/mol. The first-order valence-corrected chi connectivity index (χ1v) is 7.35. The van der Waals surface area contributed by atoms with Crippen molar-refractivity contribution in [2.24, 2.45) is 5.92 Å². The van der Waals surface area contributed by atoms with Gasteiger partial charge in [-0.15, -0.1) is 0 Å². The number of carbonyl (C=O) groups is 1. The van der Waals surface area contributed by atoms with Gasteiger partial charge in [0.1, 0.15) is 0 Å². The molecule has 0 fully saturated rings. The Labute approximate surface area is 107 Å². The second kappa shape index (κ2) is 5.39. The number of nitrogens with zero attached hydrogens (tertiary/aromatic N) is 1. The molecule has 0 saturated carbocycles. The Hall–Kier alpha value is -1.56. The van der Waals surface area contributed by atoms with Gasteiger partial charge in [0.05, 0.1) is 10.8 Å². The van der Waals surface area contributed by atoms with Gasteiger partial charge >= 0.3 is 5.97 Å². The van der Waals surface area contributed by atoms with Crippen molar-refractivity contribution in [1.82, 2.24) is 0 Å². The molecule has 0 heterocycles. The van der Waals surface area contributed by atoms with Gasteiger partial charge in [0.2, 0.25) is 0 Å². The molecule has 0 aliphatic rings. The lowest BCUT2D eigenvalue weighted by Gasteiger charge is -2.21. The first-order chi connectivity index (χ1) is 8.21. The van der Waals surface area contributed by atoms with Crippen LogP contribution in [0.2, 0.25) is 0 Å². The van der Waals surface area contributed by atoms with Gasteiger partial charge in [-0.3, -0.25) is 4.79 Å². The summed E-state index contributed by atoms with van der Waals surface area (Å²) in [4.78, 5) is 12.8. The number of hydrogen-bond acceptors (Lipinski definition) is 4. The molecule has 1 N–H and O–H groups in total. The van der Waals surface area contributed by atoms with Gasteiger partial charge in [0.25, 0.3) is 0 Å². The van der Waals surface area contributed by atoms with Crippen LogP contribution in [0, 0.1) is 5.92 Å². The van der Waals surface area contributed by atoms with Crippen LogP contribution in [0.15, 0.2) is 29.2 Å². The number of rotatable bonds is 5. The van der Waals surface area contributed by atoms with Gasteiger partial charge in [-0.2, -0.15) is 0 Å². The third-order valence-electron chi connectivity index (χ3n) is 2.67. The van der Waals surface area contributed by atoms with E-state index < -0.39 is 21.7 Å². The summed E-state index contributed by atoms with van der Waals surface area (Å²) in [5.74, 6) is -1.33. The van der Waals surface area contributed by atoms with Crippen LogP contribution in [0.3, 0.4) is 0 Å². The largest absolute Gasteiger partial charge is 0.481 e. The fraction of sp³-hybridized carbons (Fsp3) is 0.417. The number of anilines is 1. The van der Waals surface area contributed by atoms with Gasteiger partial charge < -0.3 is 10.0 Å². The lowest BCUT2D eigenvalue weighted by molar-refractivity contribution is -0.140. The highest BCUT2D eigenvalue weighted by Gasteiger charge is 2.14. The molecule has 18 heavy (non-hydrogen) atoms. The van der Waals surface area contributed by atoms with Crippen LogP contribution in [0.25, 0.3) is 0 Å². The van der Waals surface area contributed by atoms with Gasteiger partial charge in [-0.1, -0.05) is 6.92 Å². The summed E-state index contributed by atoms with van der Waals surface area (Å²) in [7, 11) is -1.42. The van der Waals surface area contributed by atoms with E-state index in [9.17, 15) is 13.2 Å². The minimum Gasteiger partial charge on any atom is -0.481 e. The van der Waals surface area contributed by atoms with Crippen LogP contribution in [0.5, 0.6) is 0 Å². The number of benzene rings is 1. The van der Waals surface area contributed by atoms with E-state index in [0.717, 1.165) is 11.9 Å². The minimum atomic E-state index is -3.19. The highest BCUT2D eigenvalue weighted by atomic mass is 32.2. The summed E-state index contributed by atoms with van der Waals surface area (Å²) in [5, 5.41) is 8.82. The molecule has 0 spiro atoms. The first kappa shape index (κ1) is 14.5. The Kier molecular flexibility index (Phi) is 4.34. The number of carboxylic acids is 1. The van der Waals surface area contributed by atoms with Crippen molar-refractivity contribution in [3.05, 3.63) is 24.3 Å². The molecule has 0 amide bonds. The van der Waals surface area contributed by atoms with E-state index in [2.05, 4.69) is 0 Å². The maximum absolute atomic E-state index is 11.3. The molecule has 0 saturated heterocycles. The molecule has 1 aromatic carbocycles. The van der Waals surface area contributed by atoms with Crippen LogP contribution in [0.4, 0.5) is 5.69 Å². The molecule has 0 radical (unpaired) electrons. The molecule has 5 nitrogen and oxygen atoms in total. The third kappa shape index (κ3) is 3.73. The lowest BCUT2D eigenvalue weighted by Crippen LogP contribution is -2.28. The molecule has 1 atom stereocenters. The van der Waals surface area contributed by atoms with E-state index in [0.29, 0.717) is 6.54 Å². The number of carboxylic acid groups (broad SMARTS) is 1. The fourth-order valence-electron chi connectivity index (χ4n) is 1.54. The summed E-state index contributed by atoms with van der Waals surface area (Å²) in [6.07, 6.45) is 1.15. The molecule has 0 aliphatic carbocycles. The zero-order valence-corrected chi connectivity index (χ0v) is 11.4. The minimum absolute atomic E-state index is 0.255. The first-order valence-electron chi connectivity index (χ1n) is 5.46. The Morgan fingerprint density at radius 2 is 1.83 bits per heavy atom. The van der Waals surface area contributed by atoms with E-state index in [1.807, 2.05) is 0 Å². The fourth-order valence-corrected chi connectivity index (χ4v) is 2.17. The van der Waals surface area contributed by atoms with Crippen LogP contribution < -0.4 is 4.90 Å². The lowest BCUT2D eigenvalue weighted by atomic mass is 10.1. The average molecular weight is 271 g/mol. The van der Waals surface area contributed by atoms with Crippen LogP contribution in [0.1, 0.15) is 6.92 Å². The molecule has 0 aromatic heterocycles. The smallest absolute Gasteiger partial charge is 0.308 e. The van der Waals surface area contributed by atoms with Crippen molar-refractivity contribution in [2.75, 3.05) is 24.7 Å². The van der Waals surface area contributed by atoms with Crippen molar-refractivity contribution in [1.29, 1.82) is 0 Å². The number of hydrogen-bond donors (Lipinski definition) is 1. The number of aliphatic carboxylic acids is 1. The summed E-state index contributed by atoms with van der Waals surface area (Å²) in [6, 6.07) is 6.38. The zero-order chi connectivity index (χ0) is 13.9. The third-order valence-corrected chi connectivity index (χ3v) is 3.80. The van der Waals surface area contributed by atoms with Gasteiger partial charge in [0, 0.05) is 25.5 Å². The highest BCUT2D eigenvalue weighted by Crippen LogP contribution is 2.17. The van der Waals surface area contributed by atoms with Crippen molar-refractivity contribution in [3.63, 3.8) is 0 Å². The predicted octanol–water partition coefficient (Wildman–Crippen LogP) is 1.25. The monoisotopic (exact) mass is 271 g/mol. The van der Waals surface area contributed by atoms with E-state index in [1.165, 1.54) is 12.1 Å². The van der Waals surface area contributed by atoms with Crippen LogP contribution in [-0.4, -0.2) is 39.3 Å². The normalized spacial score (nSPS) is 13.1. The van der Waals surface area contributed by atoms with E-state index in [-0.39, 0.29) is 4.90 Å². The number of sulfone groups is 1. The Morgan fingerprint density at radius 1 is 1.33 bits per heavy atom. The van der Waals surface area contributed by atoms with Gasteiger partial charge in [-0.25, -0.2) is 8.42 Å². The molecule has 0 aliphatic heterocycles. The summed E-state index contributed by atoms with van der Waals surface area (Å²) >= 11 is 0. The van der Waals surface area contributed by atoms with Crippen molar-refractivity contribution < 1.29 is 18.3 Å². The average Bonchev–Trinajstić information content (AvgIpc) is 2.27. The quantitative estimate of drug-likeness (QED) is 0.872. The molecule has 1 aromatic rings. The SMILES string of the molecule is CC(CN(C)c1ccc(S(C)(=O)=O)cc1)C(=O)O. The van der Waals surface area contributed by atoms with Crippen molar-refractivity contribution >= 4 is 21.5 Å². The molecule has 1 rings (SSSR count). The standard InChI is InChI=1S/C12H17NO4S/c1-9(12(14)15)8-13(2)10-4-6-11(7-5-10)18(3,16)17/h4-7,9H,8H2,1-3H3,(H,14,15). The molecule has 6 heteroatoms. The van der Waals surface area contributed by atoms with Gasteiger partial charge in [-0.05, 0) is 24.3 Å². The van der Waals surface area contributed by atoms with Crippen molar-refractivity contribution in [3.8, 4) is 0 Å². The summed E-state index contributed by atoms with van der Waals surface area (Å²) in [6.45, 7) is 2.00. The van der Waals surface area contributed by atoms with Crippen LogP contribution in [-0.2, 0) is 14.6 Å². The summed E-state index contributed by atoms with van der Waals surface area (Å²) < 4.78 is 22.6. The second-order valence-electron chi connectivity index (χ2n) is 4.39. The van der Waals surface area contributed by atoms with Gasteiger partial charge in [0.15, 0.2) is 9.84 Å². The Balaban J connectivity index is 2.83. The summed E-state index contributed by atoms with van der Waals surface area (Å²) in [5.41, 5.74) is 0.788. The zero-order valence-electron chi connectivity index (χ0n) is 10.6. The Bertz CT molecular complexity index is 522. The maximum atomic E-state index is 11.3. The highest BCUT2D eigenvalue weighted by molar-refractivity contribution is 7.90. The Morgan fingerprint density at radius 3 is 2.22 bits per heavy atom. The maximum Gasteiger partial charge on any atom is 0.308 e. The topological polar surface area (TPSA) is 74.7 Å². The van der Waals surface area contributed by atoms with E-state index in [4.69, 9.17) is 5.11 Å². The van der Waals surface area contributed by atoms with Crippen molar-refractivity contribution in [2.45, 2.75) is 11.8 Å². The van der Waals surface area contributed by atoms with E-state index >= 15 is 0 Å². The molecular weight excluding hydrogens is 254 g/mol. The molecular formula is C12H17NO4S. The molecule has 1 unspecified atom stereocenters. The molecule has 100 valence electrons.